The molecule has 0 spiro atoms. The van der Waals surface area contributed by atoms with Gasteiger partial charge in [0, 0.05) is 0 Å². The van der Waals surface area contributed by atoms with Crippen molar-refractivity contribution in [2.24, 2.45) is 0 Å². The van der Waals surface area contributed by atoms with E-state index in [0.717, 1.165) is 37.2 Å². The van der Waals surface area contributed by atoms with E-state index in [1.54, 1.807) is 17.1 Å². The van der Waals surface area contributed by atoms with Crippen LogP contribution in [-0.2, 0) is 4.79 Å². The molecule has 1 aromatic heterocycles. The number of benzene rings is 1. The summed E-state index contributed by atoms with van der Waals surface area (Å²) in [5, 5.41) is 14.1. The van der Waals surface area contributed by atoms with E-state index in [-0.39, 0.29) is 11.9 Å². The maximum absolute atomic E-state index is 12.4. The molecule has 1 aliphatic rings. The number of anilines is 1. The lowest BCUT2D eigenvalue weighted by molar-refractivity contribution is -0.118. The minimum atomic E-state index is -0.115. The van der Waals surface area contributed by atoms with Crippen molar-refractivity contribution in [3.05, 3.63) is 36.7 Å². The van der Waals surface area contributed by atoms with Gasteiger partial charge in [-0.25, -0.2) is 4.68 Å². The topological polar surface area (TPSA) is 71.8 Å². The first-order valence-corrected chi connectivity index (χ1v) is 7.34. The number of para-hydroxylation sites is 2. The number of aromatic nitrogens is 3. The molecule has 0 radical (unpaired) electrons. The van der Waals surface area contributed by atoms with E-state index in [1.807, 2.05) is 24.3 Å². The molecule has 1 atom stereocenters. The van der Waals surface area contributed by atoms with Crippen LogP contribution in [0.15, 0.2) is 36.7 Å². The van der Waals surface area contributed by atoms with Crippen molar-refractivity contribution in [1.82, 2.24) is 20.3 Å². The summed E-state index contributed by atoms with van der Waals surface area (Å²) in [5.41, 5.74) is 1.57. The second-order valence-corrected chi connectivity index (χ2v) is 5.21. The van der Waals surface area contributed by atoms with E-state index in [1.165, 1.54) is 6.42 Å². The van der Waals surface area contributed by atoms with Crippen molar-refractivity contribution in [3.63, 3.8) is 0 Å². The van der Waals surface area contributed by atoms with Gasteiger partial charge in [-0.05, 0) is 31.5 Å². The molecule has 1 unspecified atom stereocenters. The minimum Gasteiger partial charge on any atom is -0.323 e. The van der Waals surface area contributed by atoms with Gasteiger partial charge in [-0.15, -0.1) is 5.10 Å². The molecule has 2 aromatic rings. The highest BCUT2D eigenvalue weighted by molar-refractivity contribution is 5.96. The summed E-state index contributed by atoms with van der Waals surface area (Å²) in [6, 6.07) is 7.49. The van der Waals surface area contributed by atoms with E-state index >= 15 is 0 Å². The van der Waals surface area contributed by atoms with Gasteiger partial charge in [0.25, 0.3) is 0 Å². The Bertz CT molecular complexity index is 588. The number of hydrogen-bond acceptors (Lipinski definition) is 4. The van der Waals surface area contributed by atoms with Crippen LogP contribution in [-0.4, -0.2) is 33.5 Å². The Morgan fingerprint density at radius 3 is 3.05 bits per heavy atom. The van der Waals surface area contributed by atoms with Crippen LogP contribution >= 0.6 is 0 Å². The fourth-order valence-electron chi connectivity index (χ4n) is 2.59. The molecule has 21 heavy (non-hydrogen) atoms. The van der Waals surface area contributed by atoms with Crippen molar-refractivity contribution in [3.8, 4) is 5.69 Å². The lowest BCUT2D eigenvalue weighted by atomic mass is 10.1. The largest absolute Gasteiger partial charge is 0.323 e. The molecule has 1 amide bonds. The Hall–Kier alpha value is -2.21. The number of nitrogens with one attached hydrogen (secondary N) is 2. The fraction of sp³-hybridized carbons (Fsp3) is 0.400. The van der Waals surface area contributed by atoms with Gasteiger partial charge in [-0.3, -0.25) is 4.79 Å². The molecule has 1 saturated heterocycles. The third-order valence-electron chi connectivity index (χ3n) is 3.71. The number of carbonyl (C=O) groups excluding carboxylic acids is 1. The Balaban J connectivity index is 1.77. The van der Waals surface area contributed by atoms with Gasteiger partial charge in [0.2, 0.25) is 5.91 Å². The summed E-state index contributed by atoms with van der Waals surface area (Å²) >= 11 is 0. The van der Waals surface area contributed by atoms with Crippen LogP contribution in [0.25, 0.3) is 5.69 Å². The van der Waals surface area contributed by atoms with E-state index in [4.69, 9.17) is 0 Å². The minimum absolute atomic E-state index is 0.0180. The van der Waals surface area contributed by atoms with E-state index in [2.05, 4.69) is 20.9 Å². The Morgan fingerprint density at radius 2 is 2.19 bits per heavy atom. The van der Waals surface area contributed by atoms with Crippen LogP contribution in [0.3, 0.4) is 0 Å². The third kappa shape index (κ3) is 3.28. The van der Waals surface area contributed by atoms with Crippen molar-refractivity contribution >= 4 is 11.6 Å². The van der Waals surface area contributed by atoms with Gasteiger partial charge in [0.05, 0.1) is 29.8 Å². The van der Waals surface area contributed by atoms with E-state index < -0.39 is 0 Å². The lowest BCUT2D eigenvalue weighted by Crippen LogP contribution is -2.40. The van der Waals surface area contributed by atoms with Crippen molar-refractivity contribution in [2.75, 3.05) is 11.9 Å². The third-order valence-corrected chi connectivity index (χ3v) is 3.71. The number of carbonyl (C=O) groups is 1. The predicted molar refractivity (Wildman–Crippen MR) is 80.2 cm³/mol. The molecule has 0 saturated carbocycles. The van der Waals surface area contributed by atoms with Crippen molar-refractivity contribution < 1.29 is 4.79 Å². The first-order chi connectivity index (χ1) is 10.3. The van der Waals surface area contributed by atoms with Gasteiger partial charge < -0.3 is 10.6 Å². The van der Waals surface area contributed by atoms with Crippen LogP contribution < -0.4 is 10.6 Å². The molecular weight excluding hydrogens is 266 g/mol. The Morgan fingerprint density at radius 1 is 1.29 bits per heavy atom. The monoisotopic (exact) mass is 285 g/mol. The van der Waals surface area contributed by atoms with E-state index in [9.17, 15) is 4.79 Å². The van der Waals surface area contributed by atoms with Gasteiger partial charge in [-0.2, -0.15) is 0 Å². The van der Waals surface area contributed by atoms with Crippen LogP contribution in [0, 0.1) is 0 Å². The standard InChI is InChI=1S/C15H19N5O/c21-15(13-7-2-1-5-9-16-13)18-12-6-3-4-8-14(12)20-11-10-17-19-20/h3-4,6,8,10-11,13,16H,1-2,5,7,9H2,(H,18,21). The molecule has 1 aliphatic heterocycles. The molecule has 1 aromatic carbocycles. The number of hydrogen-bond donors (Lipinski definition) is 2. The summed E-state index contributed by atoms with van der Waals surface area (Å²) in [4.78, 5) is 12.4. The second-order valence-electron chi connectivity index (χ2n) is 5.21. The summed E-state index contributed by atoms with van der Waals surface area (Å²) in [6.07, 6.45) is 7.68. The zero-order chi connectivity index (χ0) is 14.5. The average Bonchev–Trinajstić information content (AvgIpc) is 2.89. The SMILES string of the molecule is O=C(Nc1ccccc1-n1ccnn1)C1CCCCCN1. The highest BCUT2D eigenvalue weighted by Gasteiger charge is 2.20. The highest BCUT2D eigenvalue weighted by atomic mass is 16.2. The molecule has 6 nitrogen and oxygen atoms in total. The highest BCUT2D eigenvalue weighted by Crippen LogP contribution is 2.19. The Kier molecular flexibility index (Phi) is 4.25. The van der Waals surface area contributed by atoms with E-state index in [0.29, 0.717) is 0 Å². The molecule has 3 rings (SSSR count). The summed E-state index contributed by atoms with van der Waals surface area (Å²) in [5.74, 6) is 0.0180. The molecular formula is C15H19N5O. The molecule has 2 N–H and O–H groups in total. The molecule has 110 valence electrons. The normalized spacial score (nSPS) is 19.0. The second kappa shape index (κ2) is 6.49. The molecule has 0 aliphatic carbocycles. The van der Waals surface area contributed by atoms with Crippen molar-refractivity contribution in [2.45, 2.75) is 31.7 Å². The fourth-order valence-corrected chi connectivity index (χ4v) is 2.59. The van der Waals surface area contributed by atoms with Gasteiger partial charge in [-0.1, -0.05) is 30.2 Å². The first-order valence-electron chi connectivity index (χ1n) is 7.34. The van der Waals surface area contributed by atoms with Gasteiger partial charge in [0.15, 0.2) is 0 Å². The predicted octanol–water partition coefficient (Wildman–Crippen LogP) is 1.74. The quantitative estimate of drug-likeness (QED) is 0.901. The number of amides is 1. The molecule has 2 heterocycles. The zero-order valence-corrected chi connectivity index (χ0v) is 11.8. The van der Waals surface area contributed by atoms with Crippen molar-refractivity contribution in [1.29, 1.82) is 0 Å². The molecule has 1 fully saturated rings. The number of rotatable bonds is 3. The van der Waals surface area contributed by atoms with Crippen LogP contribution in [0.5, 0.6) is 0 Å². The lowest BCUT2D eigenvalue weighted by Gasteiger charge is -2.17. The van der Waals surface area contributed by atoms with Crippen LogP contribution in [0.4, 0.5) is 5.69 Å². The maximum atomic E-state index is 12.4. The van der Waals surface area contributed by atoms with Gasteiger partial charge in [0.1, 0.15) is 0 Å². The summed E-state index contributed by atoms with van der Waals surface area (Å²) < 4.78 is 1.65. The summed E-state index contributed by atoms with van der Waals surface area (Å²) in [7, 11) is 0. The smallest absolute Gasteiger partial charge is 0.241 e. The first kappa shape index (κ1) is 13.8. The van der Waals surface area contributed by atoms with Crippen LogP contribution in [0.1, 0.15) is 25.7 Å². The number of nitrogens with zero attached hydrogens (tertiary/aromatic N) is 3. The van der Waals surface area contributed by atoms with Crippen LogP contribution in [0.2, 0.25) is 0 Å². The zero-order valence-electron chi connectivity index (χ0n) is 11.8. The average molecular weight is 285 g/mol. The maximum Gasteiger partial charge on any atom is 0.241 e. The molecule has 6 heteroatoms. The van der Waals surface area contributed by atoms with Gasteiger partial charge >= 0.3 is 0 Å². The Labute approximate surface area is 123 Å². The molecule has 0 bridgehead atoms. The summed E-state index contributed by atoms with van der Waals surface area (Å²) in [6.45, 7) is 0.906.